The van der Waals surface area contributed by atoms with E-state index in [1.165, 1.54) is 29.5 Å². The number of benzene rings is 2. The Bertz CT molecular complexity index is 997. The Kier molecular flexibility index (Phi) is 5.98. The minimum absolute atomic E-state index is 0.0424. The molecule has 3 aromatic rings. The number of carbonyl (C=O) groups excluding carboxylic acids is 1. The molecule has 1 heterocycles. The van der Waals surface area contributed by atoms with E-state index in [0.29, 0.717) is 5.82 Å². The van der Waals surface area contributed by atoms with Crippen LogP contribution in [0.15, 0.2) is 47.5 Å². The molecule has 1 N–H and O–H groups in total. The van der Waals surface area contributed by atoms with Gasteiger partial charge in [0.25, 0.3) is 0 Å². The molecule has 1 amide bonds. The number of fused-ring (bicyclic) bond motifs is 1. The lowest BCUT2D eigenvalue weighted by Gasteiger charge is -2.20. The van der Waals surface area contributed by atoms with Crippen LogP contribution in [-0.4, -0.2) is 27.2 Å². The van der Waals surface area contributed by atoms with Gasteiger partial charge in [-0.25, -0.2) is 14.4 Å². The standard InChI is InChI=1S/C22H24FN3OS/c1-5-14-6-11-18-17(12-14)21(28-13-19(27)26-22(2,3)4)25-20(24-18)15-7-9-16(23)10-8-15/h6-12H,5,13H2,1-4H3,(H,26,27). The maximum Gasteiger partial charge on any atom is 0.230 e. The highest BCUT2D eigenvalue weighted by Crippen LogP contribution is 2.29. The van der Waals surface area contributed by atoms with Gasteiger partial charge in [-0.2, -0.15) is 0 Å². The van der Waals surface area contributed by atoms with Gasteiger partial charge in [0.05, 0.1) is 11.3 Å². The van der Waals surface area contributed by atoms with Gasteiger partial charge < -0.3 is 5.32 Å². The van der Waals surface area contributed by atoms with Crippen molar-refractivity contribution in [1.29, 1.82) is 0 Å². The normalized spacial score (nSPS) is 11.6. The van der Waals surface area contributed by atoms with E-state index in [0.717, 1.165) is 27.9 Å². The van der Waals surface area contributed by atoms with Crippen LogP contribution in [0.3, 0.4) is 0 Å². The molecule has 146 valence electrons. The number of nitrogens with one attached hydrogen (secondary N) is 1. The first-order chi connectivity index (χ1) is 13.2. The van der Waals surface area contributed by atoms with Crippen LogP contribution >= 0.6 is 11.8 Å². The van der Waals surface area contributed by atoms with Crippen molar-refractivity contribution in [2.75, 3.05) is 5.75 Å². The quantitative estimate of drug-likeness (QED) is 0.486. The molecule has 0 unspecified atom stereocenters. The van der Waals surface area contributed by atoms with Gasteiger partial charge in [-0.3, -0.25) is 4.79 Å². The molecule has 0 saturated carbocycles. The number of carbonyl (C=O) groups is 1. The highest BCUT2D eigenvalue weighted by atomic mass is 32.2. The number of amides is 1. The second-order valence-corrected chi connectivity index (χ2v) is 8.62. The summed E-state index contributed by atoms with van der Waals surface area (Å²) >= 11 is 1.39. The van der Waals surface area contributed by atoms with Crippen LogP contribution < -0.4 is 5.32 Å². The summed E-state index contributed by atoms with van der Waals surface area (Å²) in [4.78, 5) is 21.6. The van der Waals surface area contributed by atoms with Gasteiger partial charge in [-0.1, -0.05) is 24.8 Å². The Morgan fingerprint density at radius 3 is 2.46 bits per heavy atom. The molecule has 4 nitrogen and oxygen atoms in total. The van der Waals surface area contributed by atoms with E-state index in [4.69, 9.17) is 4.98 Å². The van der Waals surface area contributed by atoms with E-state index in [1.54, 1.807) is 12.1 Å². The maximum atomic E-state index is 13.3. The fourth-order valence-electron chi connectivity index (χ4n) is 2.79. The molecular weight excluding hydrogens is 373 g/mol. The van der Waals surface area contributed by atoms with E-state index in [-0.39, 0.29) is 23.0 Å². The zero-order valence-electron chi connectivity index (χ0n) is 16.5. The van der Waals surface area contributed by atoms with E-state index in [1.807, 2.05) is 32.9 Å². The minimum Gasteiger partial charge on any atom is -0.351 e. The monoisotopic (exact) mass is 397 g/mol. The predicted octanol–water partition coefficient (Wildman–Crippen LogP) is 5.01. The fourth-order valence-corrected chi connectivity index (χ4v) is 3.60. The van der Waals surface area contributed by atoms with Gasteiger partial charge in [-0.15, -0.1) is 0 Å². The Morgan fingerprint density at radius 1 is 1.11 bits per heavy atom. The van der Waals surface area contributed by atoms with E-state index in [2.05, 4.69) is 23.3 Å². The van der Waals surface area contributed by atoms with Crippen LogP contribution in [0.4, 0.5) is 4.39 Å². The molecule has 0 bridgehead atoms. The topological polar surface area (TPSA) is 54.9 Å². The van der Waals surface area contributed by atoms with Crippen LogP contribution in [0, 0.1) is 5.82 Å². The van der Waals surface area contributed by atoms with E-state index < -0.39 is 0 Å². The highest BCUT2D eigenvalue weighted by Gasteiger charge is 2.16. The van der Waals surface area contributed by atoms with Crippen LogP contribution in [0.5, 0.6) is 0 Å². The molecule has 3 rings (SSSR count). The molecule has 0 atom stereocenters. The van der Waals surface area contributed by atoms with Crippen LogP contribution in [0.1, 0.15) is 33.3 Å². The molecule has 28 heavy (non-hydrogen) atoms. The smallest absolute Gasteiger partial charge is 0.230 e. The lowest BCUT2D eigenvalue weighted by molar-refractivity contribution is -0.119. The van der Waals surface area contributed by atoms with Gasteiger partial charge in [0.15, 0.2) is 5.82 Å². The molecule has 0 fully saturated rings. The highest BCUT2D eigenvalue weighted by molar-refractivity contribution is 8.00. The van der Waals surface area contributed by atoms with E-state index >= 15 is 0 Å². The van der Waals surface area contributed by atoms with Crippen LogP contribution in [0.25, 0.3) is 22.3 Å². The molecule has 0 radical (unpaired) electrons. The molecule has 2 aromatic carbocycles. The predicted molar refractivity (Wildman–Crippen MR) is 113 cm³/mol. The van der Waals surface area contributed by atoms with Crippen molar-refractivity contribution in [3.05, 3.63) is 53.8 Å². The van der Waals surface area contributed by atoms with Crippen LogP contribution in [0.2, 0.25) is 0 Å². The third-order valence-corrected chi connectivity index (χ3v) is 5.08. The van der Waals surface area contributed by atoms with Crippen molar-refractivity contribution in [3.8, 4) is 11.4 Å². The summed E-state index contributed by atoms with van der Waals surface area (Å²) < 4.78 is 13.3. The van der Waals surface area contributed by atoms with Crippen molar-refractivity contribution in [2.45, 2.75) is 44.7 Å². The first-order valence-electron chi connectivity index (χ1n) is 9.25. The lowest BCUT2D eigenvalue weighted by atomic mass is 10.1. The number of thioether (sulfide) groups is 1. The number of nitrogens with zero attached hydrogens (tertiary/aromatic N) is 2. The SMILES string of the molecule is CCc1ccc2nc(-c3ccc(F)cc3)nc(SCC(=O)NC(C)(C)C)c2c1. The number of hydrogen-bond donors (Lipinski definition) is 1. The average Bonchev–Trinajstić information content (AvgIpc) is 2.64. The summed E-state index contributed by atoms with van der Waals surface area (Å²) in [6.07, 6.45) is 0.907. The maximum absolute atomic E-state index is 13.3. The van der Waals surface area contributed by atoms with Crippen molar-refractivity contribution >= 4 is 28.6 Å². The summed E-state index contributed by atoms with van der Waals surface area (Å²) in [6.45, 7) is 7.96. The third-order valence-electron chi connectivity index (χ3n) is 4.09. The number of halogens is 1. The van der Waals surface area contributed by atoms with Crippen molar-refractivity contribution in [3.63, 3.8) is 0 Å². The van der Waals surface area contributed by atoms with Gasteiger partial charge >= 0.3 is 0 Å². The van der Waals surface area contributed by atoms with Gasteiger partial charge in [-0.05, 0) is 69.2 Å². The van der Waals surface area contributed by atoms with E-state index in [9.17, 15) is 9.18 Å². The second kappa shape index (κ2) is 8.27. The van der Waals surface area contributed by atoms with Crippen LogP contribution in [-0.2, 0) is 11.2 Å². The molecular formula is C22H24FN3OS. The largest absolute Gasteiger partial charge is 0.351 e. The van der Waals surface area contributed by atoms with Crippen molar-refractivity contribution in [2.24, 2.45) is 0 Å². The molecule has 0 aliphatic heterocycles. The Balaban J connectivity index is 1.99. The molecule has 0 saturated heterocycles. The first kappa shape index (κ1) is 20.3. The number of aryl methyl sites for hydroxylation is 1. The number of rotatable bonds is 5. The molecule has 1 aromatic heterocycles. The number of aromatic nitrogens is 2. The Labute approximate surface area is 169 Å². The first-order valence-corrected chi connectivity index (χ1v) is 10.2. The summed E-state index contributed by atoms with van der Waals surface area (Å²) in [6, 6.07) is 12.2. The lowest BCUT2D eigenvalue weighted by Crippen LogP contribution is -2.41. The summed E-state index contributed by atoms with van der Waals surface area (Å²) in [5.41, 5.74) is 2.46. The second-order valence-electron chi connectivity index (χ2n) is 7.65. The average molecular weight is 398 g/mol. The van der Waals surface area contributed by atoms with Crippen molar-refractivity contribution < 1.29 is 9.18 Å². The Morgan fingerprint density at radius 2 is 1.82 bits per heavy atom. The molecule has 0 aliphatic rings. The fraction of sp³-hybridized carbons (Fsp3) is 0.318. The number of hydrogen-bond acceptors (Lipinski definition) is 4. The molecule has 0 aliphatic carbocycles. The summed E-state index contributed by atoms with van der Waals surface area (Å²) in [5, 5.41) is 4.65. The molecule has 0 spiro atoms. The van der Waals surface area contributed by atoms with Gasteiger partial charge in [0, 0.05) is 16.5 Å². The Hall–Kier alpha value is -2.47. The van der Waals surface area contributed by atoms with Gasteiger partial charge in [0.1, 0.15) is 10.8 Å². The summed E-state index contributed by atoms with van der Waals surface area (Å²) in [5.74, 6) is 0.447. The minimum atomic E-state index is -0.300. The molecule has 6 heteroatoms. The zero-order valence-corrected chi connectivity index (χ0v) is 17.4. The third kappa shape index (κ3) is 5.07. The zero-order chi connectivity index (χ0) is 20.3. The van der Waals surface area contributed by atoms with Gasteiger partial charge in [0.2, 0.25) is 5.91 Å². The van der Waals surface area contributed by atoms with Crippen molar-refractivity contribution in [1.82, 2.24) is 15.3 Å². The summed E-state index contributed by atoms with van der Waals surface area (Å²) in [7, 11) is 0.